The van der Waals surface area contributed by atoms with Crippen LogP contribution in [0.15, 0.2) is 0 Å². The van der Waals surface area contributed by atoms with Crippen molar-refractivity contribution in [2.45, 2.75) is 33.1 Å². The summed E-state index contributed by atoms with van der Waals surface area (Å²) in [6.07, 6.45) is 0.569. The van der Waals surface area contributed by atoms with E-state index in [0.29, 0.717) is 6.42 Å². The van der Waals surface area contributed by atoms with Crippen LogP contribution in [0.2, 0.25) is 0 Å². The molecule has 0 rings (SSSR count). The highest BCUT2D eigenvalue weighted by molar-refractivity contribution is 4.24. The van der Waals surface area contributed by atoms with Crippen molar-refractivity contribution < 1.29 is 2.74 Å². The van der Waals surface area contributed by atoms with Crippen LogP contribution < -0.4 is 0 Å². The summed E-state index contributed by atoms with van der Waals surface area (Å²) in [5.41, 5.74) is 0. The molecule has 0 fully saturated rings. The van der Waals surface area contributed by atoms with Gasteiger partial charge in [-0.1, -0.05) is 33.1 Å². The lowest BCUT2D eigenvalue weighted by Gasteiger charge is -1.79. The molecule has 0 heteroatoms. The summed E-state index contributed by atoms with van der Waals surface area (Å²) in [7, 11) is 0. The fraction of sp³-hybridized carbons (Fsp3) is 1.00. The van der Waals surface area contributed by atoms with Crippen LogP contribution in [0.1, 0.15) is 35.8 Å². The van der Waals surface area contributed by atoms with Crippen LogP contribution in [-0.4, -0.2) is 0 Å². The smallest absolute Gasteiger partial charge is 0.0264 e. The predicted octanol–water partition coefficient (Wildman–Crippen LogP) is 2.20. The van der Waals surface area contributed by atoms with Gasteiger partial charge in [-0.15, -0.1) is 0 Å². The van der Waals surface area contributed by atoms with Gasteiger partial charge in [0.25, 0.3) is 0 Å². The molecule has 2 unspecified atom stereocenters. The third-order valence-electron chi connectivity index (χ3n) is 0.471. The van der Waals surface area contributed by atoms with Crippen molar-refractivity contribution in [2.24, 2.45) is 0 Å². The Balaban J connectivity index is 2.95. The van der Waals surface area contributed by atoms with Gasteiger partial charge in [-0.05, 0) is 0 Å². The van der Waals surface area contributed by atoms with Crippen LogP contribution in [0.4, 0.5) is 0 Å². The van der Waals surface area contributed by atoms with Crippen molar-refractivity contribution in [1.82, 2.24) is 0 Å². The van der Waals surface area contributed by atoms with Crippen molar-refractivity contribution >= 4 is 0 Å². The summed E-state index contributed by atoms with van der Waals surface area (Å²) in [5, 5.41) is 0. The minimum Gasteiger partial charge on any atom is -0.0654 e. The zero-order chi connectivity index (χ0) is 5.86. The molecule has 0 aliphatic heterocycles. The standard InChI is InChI=1S/C5H12/c1-3-5-4-2/h3-5H2,1-2H3/i3D,4D. The lowest BCUT2D eigenvalue weighted by atomic mass is 10.3. The van der Waals surface area contributed by atoms with Crippen LogP contribution >= 0.6 is 0 Å². The average Bonchev–Trinajstić information content (AvgIpc) is 1.27. The van der Waals surface area contributed by atoms with Crippen LogP contribution in [0.3, 0.4) is 0 Å². The Morgan fingerprint density at radius 2 is 1.80 bits per heavy atom. The predicted molar refractivity (Wildman–Crippen MR) is 25.2 cm³/mol. The third-order valence-corrected chi connectivity index (χ3v) is 0.471. The summed E-state index contributed by atoms with van der Waals surface area (Å²) < 4.78 is 14.0. The van der Waals surface area contributed by atoms with Crippen LogP contribution in [-0.2, 0) is 0 Å². The van der Waals surface area contributed by atoms with Gasteiger partial charge in [-0.2, -0.15) is 0 Å². The van der Waals surface area contributed by atoms with Gasteiger partial charge in [0.2, 0.25) is 0 Å². The molecule has 0 bridgehead atoms. The van der Waals surface area contributed by atoms with Gasteiger partial charge in [0.15, 0.2) is 0 Å². The van der Waals surface area contributed by atoms with Gasteiger partial charge in [0.05, 0.1) is 0 Å². The molecule has 0 spiro atoms. The normalized spacial score (nSPS) is 26.8. The molecule has 0 aromatic heterocycles. The maximum atomic E-state index is 6.99. The Hall–Kier alpha value is 0. The van der Waals surface area contributed by atoms with E-state index >= 15 is 0 Å². The molecule has 0 N–H and O–H groups in total. The SMILES string of the molecule is [2H]C(C)CC([2H])C. The van der Waals surface area contributed by atoms with Gasteiger partial charge in [0, 0.05) is 2.74 Å². The topological polar surface area (TPSA) is 0 Å². The molecule has 0 saturated carbocycles. The maximum absolute atomic E-state index is 6.99. The molecular weight excluding hydrogens is 60.1 g/mol. The Labute approximate surface area is 37.0 Å². The molecule has 5 heavy (non-hydrogen) atoms. The minimum absolute atomic E-state index is 0.0625. The molecule has 0 radical (unpaired) electrons. The lowest BCUT2D eigenvalue weighted by molar-refractivity contribution is 0.772. The van der Waals surface area contributed by atoms with E-state index in [1.165, 1.54) is 0 Å². The van der Waals surface area contributed by atoms with E-state index in [1.807, 2.05) is 13.8 Å². The van der Waals surface area contributed by atoms with E-state index in [-0.39, 0.29) is 12.8 Å². The largest absolute Gasteiger partial charge is 0.0654 e. The zero-order valence-corrected chi connectivity index (χ0v) is 3.86. The molecule has 0 saturated heterocycles. The number of hydrogen-bond donors (Lipinski definition) is 0. The highest BCUT2D eigenvalue weighted by Crippen LogP contribution is 1.88. The second kappa shape index (κ2) is 4.00. The average molecular weight is 74.2 g/mol. The van der Waals surface area contributed by atoms with E-state index in [1.54, 1.807) is 0 Å². The van der Waals surface area contributed by atoms with Crippen LogP contribution in [0, 0.1) is 0 Å². The first-order chi connectivity index (χ1) is 3.13. The van der Waals surface area contributed by atoms with Crippen molar-refractivity contribution in [3.05, 3.63) is 0 Å². The molecule has 0 aliphatic rings. The monoisotopic (exact) mass is 74.1 g/mol. The lowest BCUT2D eigenvalue weighted by Crippen LogP contribution is -1.59. The Morgan fingerprint density at radius 1 is 1.40 bits per heavy atom. The summed E-state index contributed by atoms with van der Waals surface area (Å²) in [4.78, 5) is 0. The van der Waals surface area contributed by atoms with E-state index in [4.69, 9.17) is 2.74 Å². The summed E-state index contributed by atoms with van der Waals surface area (Å²) in [6.45, 7) is 3.62. The van der Waals surface area contributed by atoms with Crippen molar-refractivity contribution in [3.8, 4) is 0 Å². The van der Waals surface area contributed by atoms with Crippen LogP contribution in [0.25, 0.3) is 0 Å². The Morgan fingerprint density at radius 3 is 1.80 bits per heavy atom. The zero-order valence-electron chi connectivity index (χ0n) is 5.86. The second-order valence-corrected chi connectivity index (χ2v) is 1.05. The van der Waals surface area contributed by atoms with Gasteiger partial charge < -0.3 is 0 Å². The summed E-state index contributed by atoms with van der Waals surface area (Å²) >= 11 is 0. The second-order valence-electron chi connectivity index (χ2n) is 1.05. The van der Waals surface area contributed by atoms with E-state index in [2.05, 4.69) is 0 Å². The fourth-order valence-corrected chi connectivity index (χ4v) is 0.236. The molecule has 0 heterocycles. The Bertz CT molecular complexity index is 35.3. The number of rotatable bonds is 2. The quantitative estimate of drug-likeness (QED) is 0.471. The van der Waals surface area contributed by atoms with E-state index in [9.17, 15) is 0 Å². The molecule has 0 aromatic rings. The van der Waals surface area contributed by atoms with E-state index in [0.717, 1.165) is 0 Å². The first kappa shape index (κ1) is 2.22. The molecule has 0 nitrogen and oxygen atoms in total. The summed E-state index contributed by atoms with van der Waals surface area (Å²) in [5.74, 6) is 0. The molecule has 32 valence electrons. The molecule has 0 aromatic carbocycles. The van der Waals surface area contributed by atoms with Crippen molar-refractivity contribution in [1.29, 1.82) is 0 Å². The van der Waals surface area contributed by atoms with Crippen LogP contribution in [0.5, 0.6) is 0 Å². The summed E-state index contributed by atoms with van der Waals surface area (Å²) in [6, 6.07) is 0. The molecule has 0 amide bonds. The molecular formula is C5H12. The third kappa shape index (κ3) is 4.00. The first-order valence-corrected chi connectivity index (χ1v) is 1.97. The highest BCUT2D eigenvalue weighted by atomic mass is 13.7. The fourth-order valence-electron chi connectivity index (χ4n) is 0.236. The maximum Gasteiger partial charge on any atom is 0.0264 e. The molecule has 2 atom stereocenters. The van der Waals surface area contributed by atoms with Gasteiger partial charge in [-0.3, -0.25) is 0 Å². The van der Waals surface area contributed by atoms with Gasteiger partial charge >= 0.3 is 0 Å². The Kier molecular flexibility index (Phi) is 1.78. The highest BCUT2D eigenvalue weighted by Gasteiger charge is 1.68. The minimum atomic E-state index is -0.0625. The van der Waals surface area contributed by atoms with Gasteiger partial charge in [0.1, 0.15) is 0 Å². The van der Waals surface area contributed by atoms with Gasteiger partial charge in [-0.25, -0.2) is 0 Å². The van der Waals surface area contributed by atoms with E-state index < -0.39 is 0 Å². The van der Waals surface area contributed by atoms with Crippen molar-refractivity contribution in [3.63, 3.8) is 0 Å². The molecule has 0 aliphatic carbocycles. The number of hydrogen-bond acceptors (Lipinski definition) is 0. The first-order valence-electron chi connectivity index (χ1n) is 3.13. The van der Waals surface area contributed by atoms with Crippen molar-refractivity contribution in [2.75, 3.05) is 0 Å².